The molecule has 0 radical (unpaired) electrons. The van der Waals surface area contributed by atoms with E-state index in [0.717, 1.165) is 46.2 Å². The zero-order valence-corrected chi connectivity index (χ0v) is 9.88. The number of rotatable bonds is 1. The van der Waals surface area contributed by atoms with Gasteiger partial charge in [0.25, 0.3) is 0 Å². The standard InChI is InChI=1S/C12H13NO2S/c1-7-8(5-6-15-7)12-13-9-3-2-4-10(14)11(9)16-12/h5-6,10,14H,2-4H2,1H3. The topological polar surface area (TPSA) is 46.3 Å². The molecule has 0 saturated carbocycles. The number of thiazole rings is 1. The van der Waals surface area contributed by atoms with Crippen molar-refractivity contribution in [3.8, 4) is 10.6 Å². The quantitative estimate of drug-likeness (QED) is 0.826. The fourth-order valence-corrected chi connectivity index (χ4v) is 3.32. The highest BCUT2D eigenvalue weighted by molar-refractivity contribution is 7.15. The van der Waals surface area contributed by atoms with Crippen LogP contribution in [0.5, 0.6) is 0 Å². The van der Waals surface area contributed by atoms with Crippen LogP contribution in [-0.4, -0.2) is 10.1 Å². The SMILES string of the molecule is Cc1occc1-c1nc2c(s1)C(O)CCC2. The van der Waals surface area contributed by atoms with Gasteiger partial charge >= 0.3 is 0 Å². The molecular weight excluding hydrogens is 222 g/mol. The molecule has 2 aromatic heterocycles. The number of furan rings is 1. The fraction of sp³-hybridized carbons (Fsp3) is 0.417. The molecule has 0 fully saturated rings. The van der Waals surface area contributed by atoms with Gasteiger partial charge in [-0.2, -0.15) is 0 Å². The van der Waals surface area contributed by atoms with Crippen molar-refractivity contribution in [1.29, 1.82) is 0 Å². The van der Waals surface area contributed by atoms with E-state index < -0.39 is 0 Å². The lowest BCUT2D eigenvalue weighted by atomic mass is 10.0. The molecule has 1 unspecified atom stereocenters. The first kappa shape index (κ1) is 10.1. The summed E-state index contributed by atoms with van der Waals surface area (Å²) in [4.78, 5) is 5.65. The zero-order valence-electron chi connectivity index (χ0n) is 9.06. The van der Waals surface area contributed by atoms with Crippen molar-refractivity contribution in [2.24, 2.45) is 0 Å². The summed E-state index contributed by atoms with van der Waals surface area (Å²) in [5.74, 6) is 0.889. The third-order valence-corrected chi connectivity index (χ3v) is 4.24. The van der Waals surface area contributed by atoms with E-state index in [2.05, 4.69) is 4.98 Å². The molecule has 0 aliphatic heterocycles. The van der Waals surface area contributed by atoms with Gasteiger partial charge in [0, 0.05) is 0 Å². The van der Waals surface area contributed by atoms with Crippen LogP contribution in [0.2, 0.25) is 0 Å². The molecule has 1 aliphatic rings. The molecule has 1 atom stereocenters. The van der Waals surface area contributed by atoms with Gasteiger partial charge in [0.2, 0.25) is 0 Å². The fourth-order valence-electron chi connectivity index (χ4n) is 2.12. The maximum Gasteiger partial charge on any atom is 0.127 e. The maximum atomic E-state index is 9.89. The minimum Gasteiger partial charge on any atom is -0.469 e. The van der Waals surface area contributed by atoms with E-state index in [4.69, 9.17) is 4.42 Å². The first-order valence-corrected chi connectivity index (χ1v) is 6.29. The van der Waals surface area contributed by atoms with Crippen LogP contribution in [-0.2, 0) is 6.42 Å². The molecular formula is C12H13NO2S. The normalized spacial score (nSPS) is 19.8. The van der Waals surface area contributed by atoms with Gasteiger partial charge in [0.1, 0.15) is 10.8 Å². The van der Waals surface area contributed by atoms with Crippen LogP contribution in [0.1, 0.15) is 35.3 Å². The van der Waals surface area contributed by atoms with E-state index in [0.29, 0.717) is 0 Å². The zero-order chi connectivity index (χ0) is 11.1. The lowest BCUT2D eigenvalue weighted by Gasteiger charge is -2.14. The number of aromatic nitrogens is 1. The molecule has 1 N–H and O–H groups in total. The highest BCUT2D eigenvalue weighted by Gasteiger charge is 2.23. The van der Waals surface area contributed by atoms with Crippen LogP contribution in [0.25, 0.3) is 10.6 Å². The Morgan fingerprint density at radius 1 is 1.56 bits per heavy atom. The van der Waals surface area contributed by atoms with Crippen LogP contribution in [0, 0.1) is 6.92 Å². The molecule has 1 aliphatic carbocycles. The highest BCUT2D eigenvalue weighted by atomic mass is 32.1. The monoisotopic (exact) mass is 235 g/mol. The molecule has 2 aromatic rings. The third-order valence-electron chi connectivity index (χ3n) is 3.01. The van der Waals surface area contributed by atoms with E-state index in [1.807, 2.05) is 13.0 Å². The third kappa shape index (κ3) is 1.49. The Labute approximate surface area is 97.8 Å². The number of fused-ring (bicyclic) bond motifs is 1. The predicted molar refractivity (Wildman–Crippen MR) is 62.5 cm³/mol. The van der Waals surface area contributed by atoms with Crippen molar-refractivity contribution >= 4 is 11.3 Å². The van der Waals surface area contributed by atoms with Crippen LogP contribution in [0.3, 0.4) is 0 Å². The molecule has 84 valence electrons. The van der Waals surface area contributed by atoms with Crippen molar-refractivity contribution in [1.82, 2.24) is 4.98 Å². The second kappa shape index (κ2) is 3.71. The summed E-state index contributed by atoms with van der Waals surface area (Å²) < 4.78 is 5.28. The second-order valence-corrected chi connectivity index (χ2v) is 5.16. The van der Waals surface area contributed by atoms with Gasteiger partial charge in [-0.15, -0.1) is 11.3 Å². The minimum absolute atomic E-state index is 0.317. The molecule has 3 nitrogen and oxygen atoms in total. The summed E-state index contributed by atoms with van der Waals surface area (Å²) in [6.07, 6.45) is 4.24. The molecule has 16 heavy (non-hydrogen) atoms. The summed E-state index contributed by atoms with van der Waals surface area (Å²) in [6.45, 7) is 1.94. The molecule has 2 heterocycles. The number of hydrogen-bond donors (Lipinski definition) is 1. The number of hydrogen-bond acceptors (Lipinski definition) is 4. The van der Waals surface area contributed by atoms with E-state index >= 15 is 0 Å². The molecule has 4 heteroatoms. The predicted octanol–water partition coefficient (Wildman–Crippen LogP) is 3.08. The second-order valence-electron chi connectivity index (χ2n) is 4.13. The van der Waals surface area contributed by atoms with Gasteiger partial charge in [0.15, 0.2) is 0 Å². The van der Waals surface area contributed by atoms with Gasteiger partial charge in [-0.25, -0.2) is 4.98 Å². The summed E-state index contributed by atoms with van der Waals surface area (Å²) in [6, 6.07) is 1.94. The maximum absolute atomic E-state index is 9.89. The van der Waals surface area contributed by atoms with Crippen molar-refractivity contribution in [3.05, 3.63) is 28.7 Å². The van der Waals surface area contributed by atoms with Gasteiger partial charge < -0.3 is 9.52 Å². The van der Waals surface area contributed by atoms with E-state index in [1.54, 1.807) is 17.6 Å². The van der Waals surface area contributed by atoms with Crippen molar-refractivity contribution in [3.63, 3.8) is 0 Å². The summed E-state index contributed by atoms with van der Waals surface area (Å²) in [5.41, 5.74) is 2.12. The Hall–Kier alpha value is -1.13. The van der Waals surface area contributed by atoms with Crippen molar-refractivity contribution in [2.75, 3.05) is 0 Å². The van der Waals surface area contributed by atoms with E-state index in [9.17, 15) is 5.11 Å². The number of aliphatic hydroxyl groups is 1. The Kier molecular flexibility index (Phi) is 2.33. The minimum atomic E-state index is -0.317. The Balaban J connectivity index is 2.08. The first-order chi connectivity index (χ1) is 7.75. The van der Waals surface area contributed by atoms with Crippen molar-refractivity contribution in [2.45, 2.75) is 32.3 Å². The highest BCUT2D eigenvalue weighted by Crippen LogP contribution is 2.38. The molecule has 0 saturated heterocycles. The summed E-state index contributed by atoms with van der Waals surface area (Å²) >= 11 is 1.59. The lowest BCUT2D eigenvalue weighted by molar-refractivity contribution is 0.160. The van der Waals surface area contributed by atoms with Crippen molar-refractivity contribution < 1.29 is 9.52 Å². The first-order valence-electron chi connectivity index (χ1n) is 5.48. The number of aliphatic hydroxyl groups excluding tert-OH is 1. The Morgan fingerprint density at radius 3 is 3.12 bits per heavy atom. The largest absolute Gasteiger partial charge is 0.469 e. The molecule has 0 bridgehead atoms. The number of nitrogens with zero attached hydrogens (tertiary/aromatic N) is 1. The van der Waals surface area contributed by atoms with Crippen LogP contribution in [0.15, 0.2) is 16.7 Å². The van der Waals surface area contributed by atoms with Crippen LogP contribution >= 0.6 is 11.3 Å². The molecule has 0 spiro atoms. The molecule has 0 amide bonds. The Morgan fingerprint density at radius 2 is 2.44 bits per heavy atom. The van der Waals surface area contributed by atoms with Crippen LogP contribution < -0.4 is 0 Å². The summed E-state index contributed by atoms with van der Waals surface area (Å²) in [5, 5.41) is 10.9. The lowest BCUT2D eigenvalue weighted by Crippen LogP contribution is -2.06. The van der Waals surface area contributed by atoms with Gasteiger partial charge in [-0.1, -0.05) is 0 Å². The van der Waals surface area contributed by atoms with Gasteiger partial charge in [0.05, 0.1) is 28.5 Å². The van der Waals surface area contributed by atoms with Crippen LogP contribution in [0.4, 0.5) is 0 Å². The molecule has 0 aromatic carbocycles. The average molecular weight is 235 g/mol. The Bertz CT molecular complexity index is 515. The number of aryl methyl sites for hydroxylation is 2. The van der Waals surface area contributed by atoms with Gasteiger partial charge in [-0.3, -0.25) is 0 Å². The average Bonchev–Trinajstić information content (AvgIpc) is 2.84. The smallest absolute Gasteiger partial charge is 0.127 e. The van der Waals surface area contributed by atoms with E-state index in [1.165, 1.54) is 0 Å². The van der Waals surface area contributed by atoms with Gasteiger partial charge in [-0.05, 0) is 32.3 Å². The molecule has 3 rings (SSSR count). The summed E-state index contributed by atoms with van der Waals surface area (Å²) in [7, 11) is 0. The van der Waals surface area contributed by atoms with E-state index in [-0.39, 0.29) is 6.10 Å².